The van der Waals surface area contributed by atoms with Crippen molar-refractivity contribution in [3.05, 3.63) is 48.0 Å². The zero-order chi connectivity index (χ0) is 17.0. The van der Waals surface area contributed by atoms with Gasteiger partial charge in [-0.25, -0.2) is 8.42 Å². The molecule has 0 saturated heterocycles. The van der Waals surface area contributed by atoms with Gasteiger partial charge in [0, 0.05) is 13.0 Å². The summed E-state index contributed by atoms with van der Waals surface area (Å²) < 4.78 is 32.7. The molecule has 1 amide bonds. The number of hydrogen-bond donors (Lipinski definition) is 2. The first-order valence-electron chi connectivity index (χ1n) is 6.87. The summed E-state index contributed by atoms with van der Waals surface area (Å²) >= 11 is 0. The van der Waals surface area contributed by atoms with Crippen LogP contribution in [0.4, 0.5) is 11.4 Å². The molecule has 0 unspecified atom stereocenters. The van der Waals surface area contributed by atoms with Gasteiger partial charge in [-0.05, 0) is 30.7 Å². The number of aryl methyl sites for hydroxylation is 1. The van der Waals surface area contributed by atoms with Crippen molar-refractivity contribution >= 4 is 27.3 Å². The normalized spacial score (nSPS) is 10.9. The molecule has 7 heteroatoms. The van der Waals surface area contributed by atoms with E-state index in [1.807, 2.05) is 19.1 Å². The highest BCUT2D eigenvalue weighted by Crippen LogP contribution is 2.29. The van der Waals surface area contributed by atoms with Crippen LogP contribution in [-0.2, 0) is 14.8 Å². The number of benzene rings is 2. The summed E-state index contributed by atoms with van der Waals surface area (Å²) in [5, 5.41) is 2.58. The van der Waals surface area contributed by atoms with E-state index in [9.17, 15) is 13.2 Å². The second-order valence-corrected chi connectivity index (χ2v) is 6.65. The van der Waals surface area contributed by atoms with Gasteiger partial charge in [0.2, 0.25) is 5.91 Å². The zero-order valence-electron chi connectivity index (χ0n) is 13.1. The molecule has 0 aliphatic carbocycles. The minimum Gasteiger partial charge on any atom is -0.495 e. The average molecular weight is 334 g/mol. The number of anilines is 2. The van der Waals surface area contributed by atoms with E-state index in [4.69, 9.17) is 4.74 Å². The molecule has 0 heterocycles. The second kappa shape index (κ2) is 6.70. The number of methoxy groups -OCH3 is 1. The topological polar surface area (TPSA) is 84.5 Å². The first-order chi connectivity index (χ1) is 10.8. The van der Waals surface area contributed by atoms with Crippen LogP contribution in [0.1, 0.15) is 12.5 Å². The van der Waals surface area contributed by atoms with Crippen molar-refractivity contribution in [3.63, 3.8) is 0 Å². The minimum atomic E-state index is -3.76. The highest BCUT2D eigenvalue weighted by atomic mass is 32.2. The lowest BCUT2D eigenvalue weighted by molar-refractivity contribution is -0.114. The molecule has 23 heavy (non-hydrogen) atoms. The van der Waals surface area contributed by atoms with Gasteiger partial charge in [-0.3, -0.25) is 9.52 Å². The molecule has 0 aromatic heterocycles. The van der Waals surface area contributed by atoms with Crippen LogP contribution in [0, 0.1) is 6.92 Å². The Hall–Kier alpha value is -2.54. The number of sulfonamides is 1. The van der Waals surface area contributed by atoms with Crippen molar-refractivity contribution in [1.82, 2.24) is 0 Å². The van der Waals surface area contributed by atoms with Crippen LogP contribution in [-0.4, -0.2) is 21.4 Å². The number of amides is 1. The third-order valence-corrected chi connectivity index (χ3v) is 4.55. The van der Waals surface area contributed by atoms with Crippen LogP contribution in [0.2, 0.25) is 0 Å². The van der Waals surface area contributed by atoms with Crippen molar-refractivity contribution in [2.75, 3.05) is 17.1 Å². The van der Waals surface area contributed by atoms with Crippen molar-refractivity contribution in [2.24, 2.45) is 0 Å². The zero-order valence-corrected chi connectivity index (χ0v) is 13.9. The predicted molar refractivity (Wildman–Crippen MR) is 89.3 cm³/mol. The predicted octanol–water partition coefficient (Wildman–Crippen LogP) is 2.76. The van der Waals surface area contributed by atoms with Crippen molar-refractivity contribution < 1.29 is 17.9 Å². The molecule has 122 valence electrons. The fraction of sp³-hybridized carbons (Fsp3) is 0.188. The first-order valence-corrected chi connectivity index (χ1v) is 8.36. The van der Waals surface area contributed by atoms with Gasteiger partial charge < -0.3 is 10.1 Å². The molecule has 0 aliphatic rings. The smallest absolute Gasteiger partial charge is 0.262 e. The second-order valence-electron chi connectivity index (χ2n) is 4.96. The maximum atomic E-state index is 12.5. The summed E-state index contributed by atoms with van der Waals surface area (Å²) in [6.45, 7) is 3.18. The standard InChI is InChI=1S/C16H18N2O4S/c1-11-6-4-5-7-14(11)18-23(20,21)13-8-9-15(17-12(2)19)16(10-13)22-3/h4-10,18H,1-3H3,(H,17,19). The van der Waals surface area contributed by atoms with E-state index in [-0.39, 0.29) is 16.6 Å². The Morgan fingerprint density at radius 1 is 1.09 bits per heavy atom. The monoisotopic (exact) mass is 334 g/mol. The van der Waals surface area contributed by atoms with E-state index >= 15 is 0 Å². The highest BCUT2D eigenvalue weighted by molar-refractivity contribution is 7.92. The quantitative estimate of drug-likeness (QED) is 0.880. The van der Waals surface area contributed by atoms with E-state index in [2.05, 4.69) is 10.0 Å². The fourth-order valence-corrected chi connectivity index (χ4v) is 3.17. The van der Waals surface area contributed by atoms with Crippen molar-refractivity contribution in [3.8, 4) is 5.75 Å². The molecular weight excluding hydrogens is 316 g/mol. The summed E-state index contributed by atoms with van der Waals surface area (Å²) in [5.41, 5.74) is 1.74. The fourth-order valence-electron chi connectivity index (χ4n) is 2.02. The van der Waals surface area contributed by atoms with E-state index < -0.39 is 10.0 Å². The molecule has 0 spiro atoms. The molecule has 2 N–H and O–H groups in total. The van der Waals surface area contributed by atoms with Gasteiger partial charge in [0.15, 0.2) is 0 Å². The minimum absolute atomic E-state index is 0.0479. The average Bonchev–Trinajstić information content (AvgIpc) is 2.49. The third-order valence-electron chi connectivity index (χ3n) is 3.18. The molecule has 2 aromatic carbocycles. The molecule has 0 aliphatic heterocycles. The SMILES string of the molecule is COc1cc(S(=O)(=O)Nc2ccccc2C)ccc1NC(C)=O. The molecule has 6 nitrogen and oxygen atoms in total. The van der Waals surface area contributed by atoms with Gasteiger partial charge >= 0.3 is 0 Å². The Kier molecular flexibility index (Phi) is 4.90. The van der Waals surface area contributed by atoms with Crippen molar-refractivity contribution in [2.45, 2.75) is 18.7 Å². The van der Waals surface area contributed by atoms with E-state index in [1.165, 1.54) is 32.2 Å². The lowest BCUT2D eigenvalue weighted by atomic mass is 10.2. The molecular formula is C16H18N2O4S. The molecule has 0 bridgehead atoms. The maximum Gasteiger partial charge on any atom is 0.262 e. The summed E-state index contributed by atoms with van der Waals surface area (Å²) in [6.07, 6.45) is 0. The molecule has 2 rings (SSSR count). The van der Waals surface area contributed by atoms with E-state index in [1.54, 1.807) is 12.1 Å². The van der Waals surface area contributed by atoms with Crippen LogP contribution in [0.25, 0.3) is 0 Å². The molecule has 0 fully saturated rings. The summed E-state index contributed by atoms with van der Waals surface area (Å²) in [4.78, 5) is 11.2. The molecule has 0 atom stereocenters. The number of para-hydroxylation sites is 1. The van der Waals surface area contributed by atoms with Gasteiger partial charge in [-0.15, -0.1) is 0 Å². The van der Waals surface area contributed by atoms with Crippen molar-refractivity contribution in [1.29, 1.82) is 0 Å². The van der Waals surface area contributed by atoms with Gasteiger partial charge in [-0.2, -0.15) is 0 Å². The van der Waals surface area contributed by atoms with Gasteiger partial charge in [0.25, 0.3) is 10.0 Å². The van der Waals surface area contributed by atoms with Gasteiger partial charge in [0.1, 0.15) is 5.75 Å². The number of rotatable bonds is 5. The maximum absolute atomic E-state index is 12.5. The third kappa shape index (κ3) is 4.01. The van der Waals surface area contributed by atoms with E-state index in [0.717, 1.165) is 5.56 Å². The summed E-state index contributed by atoms with van der Waals surface area (Å²) in [7, 11) is -2.35. The Morgan fingerprint density at radius 2 is 1.78 bits per heavy atom. The van der Waals surface area contributed by atoms with Crippen LogP contribution >= 0.6 is 0 Å². The number of ether oxygens (including phenoxy) is 1. The number of carbonyl (C=O) groups excluding carboxylic acids is 1. The molecule has 0 saturated carbocycles. The van der Waals surface area contributed by atoms with Crippen LogP contribution < -0.4 is 14.8 Å². The first kappa shape index (κ1) is 16.8. The Morgan fingerprint density at radius 3 is 2.39 bits per heavy atom. The summed E-state index contributed by atoms with van der Waals surface area (Å²) in [6, 6.07) is 11.4. The number of nitrogens with one attached hydrogen (secondary N) is 2. The van der Waals surface area contributed by atoms with Gasteiger partial charge in [-0.1, -0.05) is 18.2 Å². The van der Waals surface area contributed by atoms with Gasteiger partial charge in [0.05, 0.1) is 23.4 Å². The molecule has 0 radical (unpaired) electrons. The molecule has 2 aromatic rings. The lowest BCUT2D eigenvalue weighted by Gasteiger charge is -2.13. The number of hydrogen-bond acceptors (Lipinski definition) is 4. The Bertz CT molecular complexity index is 832. The highest BCUT2D eigenvalue weighted by Gasteiger charge is 2.18. The Labute approximate surface area is 135 Å². The van der Waals surface area contributed by atoms with E-state index in [0.29, 0.717) is 11.4 Å². The number of carbonyl (C=O) groups is 1. The summed E-state index contributed by atoms with van der Waals surface area (Å²) in [5.74, 6) is 0.00445. The largest absolute Gasteiger partial charge is 0.495 e. The van der Waals surface area contributed by atoms with Crippen LogP contribution in [0.3, 0.4) is 0 Å². The lowest BCUT2D eigenvalue weighted by Crippen LogP contribution is -2.14. The van der Waals surface area contributed by atoms with Crippen LogP contribution in [0.15, 0.2) is 47.4 Å². The Balaban J connectivity index is 2.36. The van der Waals surface area contributed by atoms with Crippen LogP contribution in [0.5, 0.6) is 5.75 Å².